The zero-order chi connectivity index (χ0) is 13.9. The molecule has 0 aliphatic heterocycles. The highest BCUT2D eigenvalue weighted by molar-refractivity contribution is 8.29. The maximum absolute atomic E-state index is 11.3. The van der Waals surface area contributed by atoms with Crippen LogP contribution in [0.15, 0.2) is 28.0 Å². The summed E-state index contributed by atoms with van der Waals surface area (Å²) >= 11 is 5.12. The van der Waals surface area contributed by atoms with Crippen molar-refractivity contribution in [1.29, 1.82) is 0 Å². The van der Waals surface area contributed by atoms with Crippen LogP contribution >= 0.6 is 11.8 Å². The van der Waals surface area contributed by atoms with E-state index in [1.165, 1.54) is 0 Å². The van der Waals surface area contributed by atoms with Crippen LogP contribution in [0.4, 0.5) is 0 Å². The Labute approximate surface area is 112 Å². The van der Waals surface area contributed by atoms with E-state index in [0.29, 0.717) is 0 Å². The minimum atomic E-state index is -3.63. The zero-order valence-electron chi connectivity index (χ0n) is 8.73. The van der Waals surface area contributed by atoms with Gasteiger partial charge in [-0.3, -0.25) is 4.79 Å². The fourth-order valence-electron chi connectivity index (χ4n) is 1.10. The third kappa shape index (κ3) is 3.95. The van der Waals surface area contributed by atoms with E-state index in [4.69, 9.17) is 10.2 Å². The van der Waals surface area contributed by atoms with Gasteiger partial charge < -0.3 is 14.8 Å². The average Bonchev–Trinajstić information content (AvgIpc) is 2.24. The van der Waals surface area contributed by atoms with Crippen molar-refractivity contribution in [1.82, 2.24) is 0 Å². The molecule has 0 saturated heterocycles. The lowest BCUT2D eigenvalue weighted by atomic mass is 10.2. The van der Waals surface area contributed by atoms with Crippen LogP contribution in [-0.2, 0) is 24.8 Å². The molecule has 0 spiro atoms. The highest BCUT2D eigenvalue weighted by Gasteiger charge is 2.15. The Morgan fingerprint density at radius 2 is 1.94 bits per heavy atom. The second-order valence-electron chi connectivity index (χ2n) is 3.12. The van der Waals surface area contributed by atoms with E-state index in [1.54, 1.807) is 0 Å². The predicted molar refractivity (Wildman–Crippen MR) is 68.2 cm³/mol. The molecule has 1 unspecified atom stereocenters. The molecule has 0 bridgehead atoms. The van der Waals surface area contributed by atoms with Gasteiger partial charge in [0.05, 0.1) is 16.2 Å². The molecule has 0 fully saturated rings. The largest absolute Gasteiger partial charge is 0.481 e. The summed E-state index contributed by atoms with van der Waals surface area (Å²) in [5.74, 6) is -2.72. The first-order chi connectivity index (χ1) is 8.21. The van der Waals surface area contributed by atoms with Crippen molar-refractivity contribution in [3.63, 3.8) is 0 Å². The van der Waals surface area contributed by atoms with Crippen molar-refractivity contribution in [3.8, 4) is 0 Å². The number of carboxylic acids is 2. The first-order valence-electron chi connectivity index (χ1n) is 4.41. The van der Waals surface area contributed by atoms with Gasteiger partial charge in [-0.15, -0.1) is 11.8 Å². The number of aromatic carboxylic acids is 1. The van der Waals surface area contributed by atoms with Gasteiger partial charge in [0.1, 0.15) is 0 Å². The number of carbonyl (C=O) groups is 2. The van der Waals surface area contributed by atoms with Gasteiger partial charge in [0.15, 0.2) is 8.77 Å². The Morgan fingerprint density at radius 1 is 1.33 bits per heavy atom. The molecule has 1 atom stereocenters. The lowest BCUT2D eigenvalue weighted by Crippen LogP contribution is -2.04. The van der Waals surface area contributed by atoms with Gasteiger partial charge in [-0.05, 0) is 18.2 Å². The van der Waals surface area contributed by atoms with Crippen molar-refractivity contribution in [3.05, 3.63) is 23.8 Å². The molecule has 0 radical (unpaired) electrons. The minimum Gasteiger partial charge on any atom is -0.481 e. The molecule has 0 amide bonds. The van der Waals surface area contributed by atoms with Crippen LogP contribution in [0.3, 0.4) is 0 Å². The van der Waals surface area contributed by atoms with Gasteiger partial charge in [-0.2, -0.15) is 0 Å². The van der Waals surface area contributed by atoms with Crippen molar-refractivity contribution in [2.24, 2.45) is 0 Å². The number of hydrogen-bond acceptors (Lipinski definition) is 5. The van der Waals surface area contributed by atoms with Crippen molar-refractivity contribution >= 4 is 43.7 Å². The van der Waals surface area contributed by atoms with E-state index in [2.05, 4.69) is 11.2 Å². The molecule has 1 aromatic carbocycles. The summed E-state index contributed by atoms with van der Waals surface area (Å²) in [4.78, 5) is 21.3. The van der Waals surface area contributed by atoms with Crippen molar-refractivity contribution < 1.29 is 28.6 Å². The summed E-state index contributed by atoms with van der Waals surface area (Å²) in [6.07, 6.45) is 0. The molecule has 98 valence electrons. The fourth-order valence-corrected chi connectivity index (χ4v) is 2.79. The fraction of sp³-hybridized carbons (Fsp3) is 0.111. The Hall–Kier alpha value is -1.16. The molecule has 0 aliphatic carbocycles. The molecule has 1 aromatic rings. The first-order valence-corrected chi connectivity index (χ1v) is 7.84. The number of thioether (sulfide) groups is 1. The van der Waals surface area contributed by atoms with E-state index in [0.717, 1.165) is 30.0 Å². The van der Waals surface area contributed by atoms with Gasteiger partial charge in [0.2, 0.25) is 0 Å². The van der Waals surface area contributed by atoms with Gasteiger partial charge in [-0.1, -0.05) is 0 Å². The van der Waals surface area contributed by atoms with Crippen LogP contribution in [0.1, 0.15) is 10.4 Å². The molecular weight excluding hydrogens is 300 g/mol. The SMILES string of the molecule is O=C(O)CSc1cc(S(=O)(O)=S)ccc1C(=O)O. The molecule has 3 N–H and O–H groups in total. The van der Waals surface area contributed by atoms with Crippen LogP contribution in [0.25, 0.3) is 0 Å². The summed E-state index contributed by atoms with van der Waals surface area (Å²) < 4.78 is 20.4. The highest BCUT2D eigenvalue weighted by atomic mass is 32.8. The second kappa shape index (κ2) is 5.65. The van der Waals surface area contributed by atoms with E-state index in [-0.39, 0.29) is 21.1 Å². The molecule has 0 aliphatic rings. The maximum Gasteiger partial charge on any atom is 0.336 e. The molecule has 18 heavy (non-hydrogen) atoms. The zero-order valence-corrected chi connectivity index (χ0v) is 11.2. The molecule has 9 heteroatoms. The third-order valence-corrected chi connectivity index (χ3v) is 4.30. The maximum atomic E-state index is 11.3. The van der Waals surface area contributed by atoms with Crippen LogP contribution in [0.2, 0.25) is 0 Å². The van der Waals surface area contributed by atoms with Crippen LogP contribution < -0.4 is 0 Å². The highest BCUT2D eigenvalue weighted by Crippen LogP contribution is 2.26. The number of hydrogen-bond donors (Lipinski definition) is 3. The molecule has 0 aromatic heterocycles. The number of benzene rings is 1. The van der Waals surface area contributed by atoms with Crippen molar-refractivity contribution in [2.45, 2.75) is 9.79 Å². The molecule has 0 saturated carbocycles. The quantitative estimate of drug-likeness (QED) is 0.694. The van der Waals surface area contributed by atoms with Gasteiger partial charge in [-0.25, -0.2) is 9.00 Å². The van der Waals surface area contributed by atoms with Crippen LogP contribution in [0.5, 0.6) is 0 Å². The number of aliphatic carboxylic acids is 1. The lowest BCUT2D eigenvalue weighted by Gasteiger charge is -2.07. The Balaban J connectivity index is 3.24. The van der Waals surface area contributed by atoms with Crippen molar-refractivity contribution in [2.75, 3.05) is 5.75 Å². The summed E-state index contributed by atoms with van der Waals surface area (Å²) in [6, 6.07) is 3.40. The van der Waals surface area contributed by atoms with Gasteiger partial charge in [0, 0.05) is 16.1 Å². The summed E-state index contributed by atoms with van der Waals surface area (Å²) in [5, 5.41) is 17.4. The Kier molecular flexibility index (Phi) is 4.68. The minimum absolute atomic E-state index is 0.0917. The van der Waals surface area contributed by atoms with E-state index in [1.807, 2.05) is 0 Å². The monoisotopic (exact) mass is 308 g/mol. The van der Waals surface area contributed by atoms with Gasteiger partial charge in [0.25, 0.3) is 0 Å². The van der Waals surface area contributed by atoms with E-state index < -0.39 is 20.7 Å². The Bertz CT molecular complexity index is 592. The summed E-state index contributed by atoms with van der Waals surface area (Å²) in [7, 11) is -3.63. The predicted octanol–water partition coefficient (Wildman–Crippen LogP) is 1.14. The normalized spacial score (nSPS) is 13.8. The summed E-state index contributed by atoms with van der Waals surface area (Å²) in [5.41, 5.74) is -0.136. The topological polar surface area (TPSA) is 112 Å². The molecule has 1 rings (SSSR count). The van der Waals surface area contributed by atoms with E-state index >= 15 is 0 Å². The third-order valence-electron chi connectivity index (χ3n) is 1.83. The second-order valence-corrected chi connectivity index (χ2v) is 6.91. The molecule has 6 nitrogen and oxygen atoms in total. The number of carboxylic acid groups (broad SMARTS) is 2. The molecule has 0 heterocycles. The standard InChI is InChI=1S/C9H8O6S3/c10-8(11)4-17-7-3-5(18(14,15)16)1-2-6(7)9(12)13/h1-3H,4H2,(H,10,11)(H,12,13)(H,14,15,16). The van der Waals surface area contributed by atoms with Crippen LogP contribution in [-0.4, -0.2) is 36.7 Å². The first kappa shape index (κ1) is 14.9. The van der Waals surface area contributed by atoms with E-state index in [9.17, 15) is 18.4 Å². The van der Waals surface area contributed by atoms with Crippen LogP contribution in [0, 0.1) is 0 Å². The summed E-state index contributed by atoms with van der Waals surface area (Å²) in [6.45, 7) is 0. The number of rotatable bonds is 5. The Morgan fingerprint density at radius 3 is 2.39 bits per heavy atom. The average molecular weight is 308 g/mol. The lowest BCUT2D eigenvalue weighted by molar-refractivity contribution is -0.133. The smallest absolute Gasteiger partial charge is 0.336 e. The van der Waals surface area contributed by atoms with Gasteiger partial charge >= 0.3 is 11.9 Å². The molecular formula is C9H8O6S3.